The number of aromatic nitrogens is 2. The molecule has 0 bridgehead atoms. The lowest BCUT2D eigenvalue weighted by Gasteiger charge is -2.19. The zero-order valence-electron chi connectivity index (χ0n) is 11.7. The number of hydrogen-bond acceptors (Lipinski definition) is 6. The molecule has 104 valence electrons. The summed E-state index contributed by atoms with van der Waals surface area (Å²) < 4.78 is 5.35. The quantitative estimate of drug-likeness (QED) is 0.798. The third-order valence-corrected chi connectivity index (χ3v) is 4.07. The zero-order chi connectivity index (χ0) is 14.1. The molecule has 0 aliphatic rings. The molecule has 0 fully saturated rings. The fourth-order valence-corrected chi connectivity index (χ4v) is 2.91. The Bertz CT molecular complexity index is 734. The van der Waals surface area contributed by atoms with Crippen molar-refractivity contribution < 1.29 is 4.42 Å². The van der Waals surface area contributed by atoms with E-state index in [4.69, 9.17) is 4.42 Å². The third-order valence-electron chi connectivity index (χ3n) is 3.26. The smallest absolute Gasteiger partial charge is 0.225 e. The van der Waals surface area contributed by atoms with Gasteiger partial charge in [0.2, 0.25) is 5.95 Å². The fourth-order valence-electron chi connectivity index (χ4n) is 2.15. The van der Waals surface area contributed by atoms with Crippen LogP contribution in [0.3, 0.4) is 0 Å². The first kappa shape index (κ1) is 12.9. The van der Waals surface area contributed by atoms with E-state index >= 15 is 0 Å². The molecule has 20 heavy (non-hydrogen) atoms. The molecule has 5 nitrogen and oxygen atoms in total. The first-order chi connectivity index (χ1) is 9.69. The second kappa shape index (κ2) is 5.13. The molecule has 0 saturated heterocycles. The lowest BCUT2D eigenvalue weighted by atomic mass is 10.2. The maximum absolute atomic E-state index is 5.35. The normalized spacial score (nSPS) is 10.9. The van der Waals surface area contributed by atoms with Gasteiger partial charge >= 0.3 is 0 Å². The van der Waals surface area contributed by atoms with E-state index in [1.807, 2.05) is 32.5 Å². The monoisotopic (exact) mass is 288 g/mol. The number of aryl methyl sites for hydroxylation is 1. The van der Waals surface area contributed by atoms with Gasteiger partial charge in [-0.25, -0.2) is 4.98 Å². The summed E-state index contributed by atoms with van der Waals surface area (Å²) in [6.45, 7) is 2.73. The van der Waals surface area contributed by atoms with E-state index in [0.29, 0.717) is 5.95 Å². The van der Waals surface area contributed by atoms with E-state index in [9.17, 15) is 0 Å². The SMILES string of the molecule is CNc1nc(N(C)Cc2ccoc2C)c2ccsc2n1. The van der Waals surface area contributed by atoms with Crippen molar-refractivity contribution in [1.29, 1.82) is 0 Å². The Morgan fingerprint density at radius 2 is 2.20 bits per heavy atom. The predicted octanol–water partition coefficient (Wildman–Crippen LogP) is 3.27. The molecular formula is C14H16N4OS. The third kappa shape index (κ3) is 2.22. The molecule has 3 rings (SSSR count). The van der Waals surface area contributed by atoms with Gasteiger partial charge in [-0.05, 0) is 24.4 Å². The fraction of sp³-hybridized carbons (Fsp3) is 0.286. The number of thiophene rings is 1. The van der Waals surface area contributed by atoms with Gasteiger partial charge in [0.15, 0.2) is 0 Å². The van der Waals surface area contributed by atoms with E-state index in [1.165, 1.54) is 5.56 Å². The Hall–Kier alpha value is -2.08. The van der Waals surface area contributed by atoms with Crippen molar-refractivity contribution >= 4 is 33.3 Å². The summed E-state index contributed by atoms with van der Waals surface area (Å²) in [5.41, 5.74) is 1.17. The van der Waals surface area contributed by atoms with Crippen molar-refractivity contribution in [2.75, 3.05) is 24.3 Å². The largest absolute Gasteiger partial charge is 0.469 e. The van der Waals surface area contributed by atoms with E-state index in [1.54, 1.807) is 17.6 Å². The number of nitrogens with one attached hydrogen (secondary N) is 1. The van der Waals surface area contributed by atoms with Crippen LogP contribution in [0.1, 0.15) is 11.3 Å². The van der Waals surface area contributed by atoms with Crippen molar-refractivity contribution in [3.8, 4) is 0 Å². The van der Waals surface area contributed by atoms with Gasteiger partial charge in [0.1, 0.15) is 16.4 Å². The van der Waals surface area contributed by atoms with Crippen molar-refractivity contribution in [3.63, 3.8) is 0 Å². The predicted molar refractivity (Wildman–Crippen MR) is 82.5 cm³/mol. The number of fused-ring (bicyclic) bond motifs is 1. The summed E-state index contributed by atoms with van der Waals surface area (Å²) >= 11 is 1.62. The second-order valence-corrected chi connectivity index (χ2v) is 5.51. The van der Waals surface area contributed by atoms with Crippen LogP contribution in [-0.2, 0) is 6.54 Å². The zero-order valence-corrected chi connectivity index (χ0v) is 12.5. The summed E-state index contributed by atoms with van der Waals surface area (Å²) in [6, 6.07) is 4.06. The van der Waals surface area contributed by atoms with Gasteiger partial charge in [0, 0.05) is 26.2 Å². The van der Waals surface area contributed by atoms with Crippen LogP contribution in [0.5, 0.6) is 0 Å². The van der Waals surface area contributed by atoms with Crippen LogP contribution in [0.2, 0.25) is 0 Å². The van der Waals surface area contributed by atoms with E-state index < -0.39 is 0 Å². The Balaban J connectivity index is 2.00. The maximum Gasteiger partial charge on any atom is 0.225 e. The Labute approximate surface area is 121 Å². The van der Waals surface area contributed by atoms with Gasteiger partial charge in [0.05, 0.1) is 11.6 Å². The molecule has 6 heteroatoms. The number of anilines is 2. The topological polar surface area (TPSA) is 54.2 Å². The minimum Gasteiger partial charge on any atom is -0.469 e. The maximum atomic E-state index is 5.35. The molecule has 0 spiro atoms. The highest BCUT2D eigenvalue weighted by atomic mass is 32.1. The standard InChI is InChI=1S/C14H16N4OS/c1-9-10(4-6-19-9)8-18(3)12-11-5-7-20-13(11)17-14(15-2)16-12/h4-7H,8H2,1-3H3,(H,15,16,17). The van der Waals surface area contributed by atoms with Crippen molar-refractivity contribution in [1.82, 2.24) is 9.97 Å². The second-order valence-electron chi connectivity index (χ2n) is 4.62. The van der Waals surface area contributed by atoms with Crippen LogP contribution in [-0.4, -0.2) is 24.1 Å². The van der Waals surface area contributed by atoms with Gasteiger partial charge in [-0.15, -0.1) is 11.3 Å². The first-order valence-electron chi connectivity index (χ1n) is 6.36. The highest BCUT2D eigenvalue weighted by Crippen LogP contribution is 2.29. The molecule has 0 aliphatic carbocycles. The number of hydrogen-bond donors (Lipinski definition) is 1. The van der Waals surface area contributed by atoms with Crippen LogP contribution < -0.4 is 10.2 Å². The van der Waals surface area contributed by atoms with Crippen LogP contribution >= 0.6 is 11.3 Å². The Kier molecular flexibility index (Phi) is 3.31. The van der Waals surface area contributed by atoms with Crippen molar-refractivity contribution in [2.45, 2.75) is 13.5 Å². The van der Waals surface area contributed by atoms with Crippen LogP contribution in [0.25, 0.3) is 10.2 Å². The molecule has 0 saturated carbocycles. The van der Waals surface area contributed by atoms with Crippen LogP contribution in [0.15, 0.2) is 28.2 Å². The molecule has 0 atom stereocenters. The first-order valence-corrected chi connectivity index (χ1v) is 7.24. The Morgan fingerprint density at radius 1 is 1.35 bits per heavy atom. The van der Waals surface area contributed by atoms with Crippen LogP contribution in [0, 0.1) is 6.92 Å². The molecule has 0 aromatic carbocycles. The van der Waals surface area contributed by atoms with Crippen LogP contribution in [0.4, 0.5) is 11.8 Å². The molecule has 0 amide bonds. The van der Waals surface area contributed by atoms with Gasteiger partial charge in [-0.1, -0.05) is 0 Å². The van der Waals surface area contributed by atoms with E-state index in [2.05, 4.69) is 26.3 Å². The van der Waals surface area contributed by atoms with Crippen molar-refractivity contribution in [2.24, 2.45) is 0 Å². The average Bonchev–Trinajstić information content (AvgIpc) is 3.06. The summed E-state index contributed by atoms with van der Waals surface area (Å²) in [7, 11) is 3.87. The average molecular weight is 288 g/mol. The summed E-state index contributed by atoms with van der Waals surface area (Å²) in [5.74, 6) is 2.52. The number of rotatable bonds is 4. The van der Waals surface area contributed by atoms with Gasteiger partial charge in [-0.3, -0.25) is 0 Å². The lowest BCUT2D eigenvalue weighted by molar-refractivity contribution is 0.529. The lowest BCUT2D eigenvalue weighted by Crippen LogP contribution is -2.18. The van der Waals surface area contributed by atoms with E-state index in [0.717, 1.165) is 28.3 Å². The minimum absolute atomic E-state index is 0.644. The van der Waals surface area contributed by atoms with E-state index in [-0.39, 0.29) is 0 Å². The van der Waals surface area contributed by atoms with Gasteiger partial charge < -0.3 is 14.6 Å². The molecule has 3 heterocycles. The number of furan rings is 1. The summed E-state index contributed by atoms with van der Waals surface area (Å²) in [5, 5.41) is 6.14. The Morgan fingerprint density at radius 3 is 2.90 bits per heavy atom. The molecule has 3 aromatic heterocycles. The molecule has 0 radical (unpaired) electrons. The number of nitrogens with zero attached hydrogens (tertiary/aromatic N) is 3. The molecular weight excluding hydrogens is 272 g/mol. The summed E-state index contributed by atoms with van der Waals surface area (Å²) in [6.07, 6.45) is 1.72. The highest BCUT2D eigenvalue weighted by Gasteiger charge is 2.14. The van der Waals surface area contributed by atoms with Gasteiger partial charge in [0.25, 0.3) is 0 Å². The molecule has 0 unspecified atom stereocenters. The van der Waals surface area contributed by atoms with Crippen molar-refractivity contribution in [3.05, 3.63) is 35.1 Å². The van der Waals surface area contributed by atoms with Gasteiger partial charge in [-0.2, -0.15) is 4.98 Å². The molecule has 3 aromatic rings. The molecule has 0 aliphatic heterocycles. The molecule has 1 N–H and O–H groups in total. The summed E-state index contributed by atoms with van der Waals surface area (Å²) in [4.78, 5) is 12.2. The minimum atomic E-state index is 0.644. The highest BCUT2D eigenvalue weighted by molar-refractivity contribution is 7.16.